The number of hydrogen-bond donors (Lipinski definition) is 1. The summed E-state index contributed by atoms with van der Waals surface area (Å²) < 4.78 is 6.76. The topological polar surface area (TPSA) is 77.1 Å². The maximum Gasteiger partial charge on any atom is 0.265 e. The average Bonchev–Trinajstić information content (AvgIpc) is 2.90. The number of fused-ring (bicyclic) bond motifs is 1. The number of nitrogens with one attached hydrogen (secondary N) is 1. The molecule has 0 saturated heterocycles. The van der Waals surface area contributed by atoms with E-state index in [9.17, 15) is 9.59 Å². The van der Waals surface area contributed by atoms with E-state index in [1.807, 2.05) is 24.3 Å². The lowest BCUT2D eigenvalue weighted by Gasteiger charge is -2.05. The van der Waals surface area contributed by atoms with E-state index in [0.717, 1.165) is 5.56 Å². The van der Waals surface area contributed by atoms with Crippen LogP contribution in [0.1, 0.15) is 21.7 Å². The van der Waals surface area contributed by atoms with Gasteiger partial charge in [0.25, 0.3) is 11.5 Å². The Morgan fingerprint density at radius 3 is 2.75 bits per heavy atom. The summed E-state index contributed by atoms with van der Waals surface area (Å²) in [4.78, 5) is 28.8. The summed E-state index contributed by atoms with van der Waals surface area (Å²) in [6.45, 7) is 2.09. The van der Waals surface area contributed by atoms with Crippen LogP contribution in [-0.2, 0) is 13.5 Å². The molecule has 0 radical (unpaired) electrons. The van der Waals surface area contributed by atoms with Gasteiger partial charge in [-0.2, -0.15) is 0 Å². The maximum atomic E-state index is 12.5. The van der Waals surface area contributed by atoms with Gasteiger partial charge in [0.1, 0.15) is 17.5 Å². The molecule has 0 fully saturated rings. The molecule has 2 aromatic heterocycles. The van der Waals surface area contributed by atoms with Gasteiger partial charge in [0.15, 0.2) is 0 Å². The van der Waals surface area contributed by atoms with Crippen LogP contribution >= 0.6 is 11.6 Å². The van der Waals surface area contributed by atoms with Gasteiger partial charge in [-0.05, 0) is 31.0 Å². The van der Waals surface area contributed by atoms with E-state index in [4.69, 9.17) is 16.0 Å². The fourth-order valence-electron chi connectivity index (χ4n) is 2.52. The van der Waals surface area contributed by atoms with Crippen molar-refractivity contribution < 1.29 is 9.21 Å². The van der Waals surface area contributed by atoms with Crippen LogP contribution in [0.3, 0.4) is 0 Å². The Morgan fingerprint density at radius 2 is 2.04 bits per heavy atom. The summed E-state index contributed by atoms with van der Waals surface area (Å²) in [6, 6.07) is 7.43. The Morgan fingerprint density at radius 1 is 1.33 bits per heavy atom. The summed E-state index contributed by atoms with van der Waals surface area (Å²) in [5.74, 6) is 0.0371. The van der Waals surface area contributed by atoms with Crippen LogP contribution in [0.2, 0.25) is 5.02 Å². The minimum absolute atomic E-state index is 0.179. The molecule has 1 aromatic carbocycles. The third kappa shape index (κ3) is 3.05. The molecule has 0 saturated carbocycles. The van der Waals surface area contributed by atoms with Crippen LogP contribution in [0.4, 0.5) is 0 Å². The highest BCUT2D eigenvalue weighted by Gasteiger charge is 2.22. The van der Waals surface area contributed by atoms with Crippen LogP contribution in [0.25, 0.3) is 11.1 Å². The van der Waals surface area contributed by atoms with Gasteiger partial charge in [-0.1, -0.05) is 23.7 Å². The first-order valence-electron chi connectivity index (χ1n) is 7.44. The molecule has 7 heteroatoms. The third-order valence-corrected chi connectivity index (χ3v) is 4.04. The summed E-state index contributed by atoms with van der Waals surface area (Å²) in [5, 5.41) is 3.70. The number of halogens is 1. The zero-order chi connectivity index (χ0) is 17.3. The zero-order valence-corrected chi connectivity index (χ0v) is 14.1. The first-order chi connectivity index (χ1) is 11.5. The Balaban J connectivity index is 1.79. The molecule has 2 heterocycles. The zero-order valence-electron chi connectivity index (χ0n) is 13.3. The van der Waals surface area contributed by atoms with Crippen LogP contribution in [0, 0.1) is 6.92 Å². The molecular formula is C17H16ClN3O3. The maximum absolute atomic E-state index is 12.5. The SMILES string of the molecule is Cc1oc2ncn(C)c(=O)c2c1C(=O)NCCc1ccc(Cl)cc1. The second-order valence-corrected chi connectivity index (χ2v) is 5.94. The molecule has 6 nitrogen and oxygen atoms in total. The number of benzene rings is 1. The van der Waals surface area contributed by atoms with E-state index in [2.05, 4.69) is 10.3 Å². The largest absolute Gasteiger partial charge is 0.442 e. The van der Waals surface area contributed by atoms with Crippen molar-refractivity contribution in [3.8, 4) is 0 Å². The molecule has 1 amide bonds. The number of carbonyl (C=O) groups excluding carboxylic acids is 1. The van der Waals surface area contributed by atoms with Gasteiger partial charge in [-0.25, -0.2) is 4.98 Å². The van der Waals surface area contributed by atoms with Crippen molar-refractivity contribution in [2.45, 2.75) is 13.3 Å². The number of rotatable bonds is 4. The molecule has 0 atom stereocenters. The van der Waals surface area contributed by atoms with Crippen LogP contribution < -0.4 is 10.9 Å². The van der Waals surface area contributed by atoms with E-state index in [1.54, 1.807) is 14.0 Å². The molecule has 0 aliphatic carbocycles. The molecule has 3 aromatic rings. The average molecular weight is 346 g/mol. The summed E-state index contributed by atoms with van der Waals surface area (Å²) >= 11 is 5.85. The van der Waals surface area contributed by atoms with Crippen LogP contribution in [-0.4, -0.2) is 22.0 Å². The molecule has 0 unspecified atom stereocenters. The highest BCUT2D eigenvalue weighted by Crippen LogP contribution is 2.20. The minimum atomic E-state index is -0.342. The van der Waals surface area contributed by atoms with Crippen molar-refractivity contribution in [2.24, 2.45) is 7.05 Å². The molecule has 0 aliphatic heterocycles. The smallest absolute Gasteiger partial charge is 0.265 e. The minimum Gasteiger partial charge on any atom is -0.442 e. The van der Waals surface area contributed by atoms with Gasteiger partial charge in [-0.3, -0.25) is 9.59 Å². The van der Waals surface area contributed by atoms with Gasteiger partial charge in [-0.15, -0.1) is 0 Å². The van der Waals surface area contributed by atoms with Gasteiger partial charge in [0.2, 0.25) is 5.71 Å². The molecule has 0 aliphatic rings. The van der Waals surface area contributed by atoms with Crippen molar-refractivity contribution in [3.05, 3.63) is 62.9 Å². The molecule has 3 rings (SSSR count). The first kappa shape index (κ1) is 16.3. The van der Waals surface area contributed by atoms with Gasteiger partial charge in [0, 0.05) is 18.6 Å². The summed E-state index contributed by atoms with van der Waals surface area (Å²) in [7, 11) is 1.58. The number of carbonyl (C=O) groups is 1. The van der Waals surface area contributed by atoms with Gasteiger partial charge in [0.05, 0.1) is 5.56 Å². The van der Waals surface area contributed by atoms with Crippen LogP contribution in [0.15, 0.2) is 39.8 Å². The number of nitrogens with zero attached hydrogens (tertiary/aromatic N) is 2. The second kappa shape index (κ2) is 6.49. The van der Waals surface area contributed by atoms with E-state index in [-0.39, 0.29) is 28.1 Å². The predicted octanol–water partition coefficient (Wildman–Crippen LogP) is 2.46. The van der Waals surface area contributed by atoms with Gasteiger partial charge >= 0.3 is 0 Å². The number of amides is 1. The second-order valence-electron chi connectivity index (χ2n) is 5.51. The lowest BCUT2D eigenvalue weighted by atomic mass is 10.1. The van der Waals surface area contributed by atoms with Crippen molar-refractivity contribution >= 4 is 28.6 Å². The van der Waals surface area contributed by atoms with E-state index < -0.39 is 0 Å². The molecule has 124 valence electrons. The van der Waals surface area contributed by atoms with Crippen molar-refractivity contribution in [1.82, 2.24) is 14.9 Å². The number of aromatic nitrogens is 2. The van der Waals surface area contributed by atoms with Crippen molar-refractivity contribution in [3.63, 3.8) is 0 Å². The number of aryl methyl sites for hydroxylation is 2. The first-order valence-corrected chi connectivity index (χ1v) is 7.82. The molecule has 0 bridgehead atoms. The lowest BCUT2D eigenvalue weighted by molar-refractivity contribution is 0.0954. The normalized spacial score (nSPS) is 11.0. The molecule has 24 heavy (non-hydrogen) atoms. The summed E-state index contributed by atoms with van der Waals surface area (Å²) in [5.41, 5.74) is 1.18. The molecular weight excluding hydrogens is 330 g/mol. The monoisotopic (exact) mass is 345 g/mol. The third-order valence-electron chi connectivity index (χ3n) is 3.79. The van der Waals surface area contributed by atoms with E-state index in [0.29, 0.717) is 23.7 Å². The van der Waals surface area contributed by atoms with Gasteiger partial charge < -0.3 is 14.3 Å². The Bertz CT molecular complexity index is 958. The van der Waals surface area contributed by atoms with Crippen molar-refractivity contribution in [2.75, 3.05) is 6.54 Å². The molecule has 1 N–H and O–H groups in total. The number of hydrogen-bond acceptors (Lipinski definition) is 4. The Labute approximate surface area is 143 Å². The lowest BCUT2D eigenvalue weighted by Crippen LogP contribution is -2.28. The van der Waals surface area contributed by atoms with E-state index >= 15 is 0 Å². The predicted molar refractivity (Wildman–Crippen MR) is 91.5 cm³/mol. The quantitative estimate of drug-likeness (QED) is 0.788. The highest BCUT2D eigenvalue weighted by molar-refractivity contribution is 6.30. The Kier molecular flexibility index (Phi) is 4.40. The number of furan rings is 1. The van der Waals surface area contributed by atoms with Crippen molar-refractivity contribution in [1.29, 1.82) is 0 Å². The Hall–Kier alpha value is -2.60. The fraction of sp³-hybridized carbons (Fsp3) is 0.235. The summed E-state index contributed by atoms with van der Waals surface area (Å²) in [6.07, 6.45) is 2.03. The van der Waals surface area contributed by atoms with E-state index in [1.165, 1.54) is 10.9 Å². The van der Waals surface area contributed by atoms with Crippen LogP contribution in [0.5, 0.6) is 0 Å². The molecule has 0 spiro atoms. The highest BCUT2D eigenvalue weighted by atomic mass is 35.5. The standard InChI is InChI=1S/C17H16ClN3O3/c1-10-13(14-16(24-10)20-9-21(2)17(14)23)15(22)19-8-7-11-3-5-12(18)6-4-11/h3-6,9H,7-8H2,1-2H3,(H,19,22). The fourth-order valence-corrected chi connectivity index (χ4v) is 2.65.